The Kier molecular flexibility index (Phi) is 8.05. The first kappa shape index (κ1) is 26.1. The second-order valence-electron chi connectivity index (χ2n) is 9.83. The summed E-state index contributed by atoms with van der Waals surface area (Å²) < 4.78 is 25.0. The van der Waals surface area contributed by atoms with E-state index in [1.807, 2.05) is 0 Å². The van der Waals surface area contributed by atoms with Crippen LogP contribution in [0.25, 0.3) is 0 Å². The number of nitrogens with zero attached hydrogens (tertiary/aromatic N) is 1. The molecule has 1 aliphatic rings. The van der Waals surface area contributed by atoms with Crippen LogP contribution in [0.5, 0.6) is 0 Å². The third kappa shape index (κ3) is 8.03. The van der Waals surface area contributed by atoms with Crippen LogP contribution in [0.15, 0.2) is 24.3 Å². The van der Waals surface area contributed by atoms with Gasteiger partial charge >= 0.3 is 12.2 Å². The highest BCUT2D eigenvalue weighted by Crippen LogP contribution is 2.23. The van der Waals surface area contributed by atoms with Gasteiger partial charge < -0.3 is 20.1 Å². The Morgan fingerprint density at radius 1 is 0.939 bits per heavy atom. The Labute approximate surface area is 193 Å². The lowest BCUT2D eigenvalue weighted by atomic mass is 10.1. The summed E-state index contributed by atoms with van der Waals surface area (Å²) in [6, 6.07) is 5.41. The third-order valence-electron chi connectivity index (χ3n) is 4.41. The number of alkyl halides is 1. The van der Waals surface area contributed by atoms with Crippen LogP contribution in [-0.2, 0) is 9.47 Å². The van der Waals surface area contributed by atoms with Crippen LogP contribution < -0.4 is 10.6 Å². The lowest BCUT2D eigenvalue weighted by molar-refractivity contribution is 0.0442. The monoisotopic (exact) mass is 465 g/mol. The molecule has 1 aliphatic heterocycles. The normalized spacial score (nSPS) is 15.5. The van der Waals surface area contributed by atoms with E-state index in [1.54, 1.807) is 53.7 Å². The Morgan fingerprint density at radius 3 is 1.91 bits per heavy atom. The van der Waals surface area contributed by atoms with Crippen molar-refractivity contribution in [2.24, 2.45) is 0 Å². The van der Waals surface area contributed by atoms with Gasteiger partial charge in [0.15, 0.2) is 0 Å². The number of halogens is 1. The molecular weight excluding hydrogens is 433 g/mol. The van der Waals surface area contributed by atoms with E-state index in [0.717, 1.165) is 4.90 Å². The van der Waals surface area contributed by atoms with Gasteiger partial charge in [0.25, 0.3) is 11.8 Å². The number of amides is 4. The molecule has 0 saturated heterocycles. The average Bonchev–Trinajstić information content (AvgIpc) is 2.89. The molecule has 182 valence electrons. The Balaban J connectivity index is 2.07. The van der Waals surface area contributed by atoms with Crippen LogP contribution in [0.1, 0.15) is 68.7 Å². The number of benzene rings is 1. The van der Waals surface area contributed by atoms with Crippen LogP contribution in [0.3, 0.4) is 0 Å². The van der Waals surface area contributed by atoms with Crippen molar-refractivity contribution in [1.29, 1.82) is 0 Å². The molecule has 2 N–H and O–H groups in total. The standard InChI is InChI=1S/C23H32FN3O6/c1-22(2,3)32-20(30)25-12-14(24)11-15(26-21(31)33-23(4,5)6)13-27-18(28)16-9-7-8-10-17(16)19(27)29/h7-10,14-15H,11-13H2,1-6H3,(H,25,30)(H,26,31)/t14-,15-/m0/s1. The predicted octanol–water partition coefficient (Wildman–Crippen LogP) is 3.43. The summed E-state index contributed by atoms with van der Waals surface area (Å²) in [5.41, 5.74) is -1.02. The van der Waals surface area contributed by atoms with Gasteiger partial charge in [-0.15, -0.1) is 0 Å². The number of fused-ring (bicyclic) bond motifs is 1. The molecule has 0 aromatic heterocycles. The molecule has 1 aromatic carbocycles. The summed E-state index contributed by atoms with van der Waals surface area (Å²) in [4.78, 5) is 50.4. The number of alkyl carbamates (subject to hydrolysis) is 2. The van der Waals surface area contributed by atoms with E-state index in [-0.39, 0.29) is 30.6 Å². The van der Waals surface area contributed by atoms with Crippen molar-refractivity contribution in [2.45, 2.75) is 71.4 Å². The first-order valence-electron chi connectivity index (χ1n) is 10.7. The second kappa shape index (κ2) is 10.2. The molecule has 9 nitrogen and oxygen atoms in total. The maximum absolute atomic E-state index is 14.7. The number of hydrogen-bond donors (Lipinski definition) is 2. The van der Waals surface area contributed by atoms with Crippen LogP contribution in [0.4, 0.5) is 14.0 Å². The molecule has 2 atom stereocenters. The second-order valence-corrected chi connectivity index (χ2v) is 9.83. The minimum absolute atomic E-state index is 0.252. The average molecular weight is 466 g/mol. The first-order chi connectivity index (χ1) is 15.2. The minimum Gasteiger partial charge on any atom is -0.444 e. The minimum atomic E-state index is -1.59. The summed E-state index contributed by atoms with van der Waals surface area (Å²) in [5, 5.41) is 4.87. The fourth-order valence-corrected chi connectivity index (χ4v) is 3.18. The fraction of sp³-hybridized carbons (Fsp3) is 0.565. The van der Waals surface area contributed by atoms with Crippen molar-refractivity contribution in [3.8, 4) is 0 Å². The van der Waals surface area contributed by atoms with Crippen molar-refractivity contribution in [1.82, 2.24) is 15.5 Å². The van der Waals surface area contributed by atoms with Gasteiger partial charge in [0.05, 0.1) is 23.7 Å². The molecule has 0 unspecified atom stereocenters. The lowest BCUT2D eigenvalue weighted by Gasteiger charge is -2.27. The molecule has 0 aliphatic carbocycles. The van der Waals surface area contributed by atoms with E-state index in [1.165, 1.54) is 12.1 Å². The number of nitrogens with one attached hydrogen (secondary N) is 2. The van der Waals surface area contributed by atoms with E-state index in [9.17, 15) is 23.6 Å². The molecule has 2 rings (SSSR count). The van der Waals surface area contributed by atoms with Crippen LogP contribution >= 0.6 is 0 Å². The Bertz CT molecular complexity index is 871. The topological polar surface area (TPSA) is 114 Å². The van der Waals surface area contributed by atoms with Gasteiger partial charge in [0.1, 0.15) is 17.4 Å². The van der Waals surface area contributed by atoms with Gasteiger partial charge in [-0.2, -0.15) is 0 Å². The molecular formula is C23H32FN3O6. The van der Waals surface area contributed by atoms with Gasteiger partial charge in [0.2, 0.25) is 0 Å². The van der Waals surface area contributed by atoms with Crippen LogP contribution in [0, 0.1) is 0 Å². The zero-order chi connectivity index (χ0) is 25.0. The molecule has 0 fully saturated rings. The fourth-order valence-electron chi connectivity index (χ4n) is 3.18. The summed E-state index contributed by atoms with van der Waals surface area (Å²) in [5.74, 6) is -1.04. The Hall–Kier alpha value is -3.17. The number of carbonyl (C=O) groups is 4. The van der Waals surface area contributed by atoms with E-state index in [4.69, 9.17) is 9.47 Å². The quantitative estimate of drug-likeness (QED) is 0.597. The first-order valence-corrected chi connectivity index (χ1v) is 10.7. The summed E-state index contributed by atoms with van der Waals surface area (Å²) in [6.45, 7) is 9.45. The van der Waals surface area contributed by atoms with Crippen LogP contribution in [0.2, 0.25) is 0 Å². The molecule has 4 amide bonds. The number of rotatable bonds is 7. The number of ether oxygens (including phenoxy) is 2. The number of hydrogen-bond acceptors (Lipinski definition) is 6. The van der Waals surface area contributed by atoms with Gasteiger partial charge in [-0.3, -0.25) is 14.5 Å². The Morgan fingerprint density at radius 2 is 1.42 bits per heavy atom. The molecule has 33 heavy (non-hydrogen) atoms. The highest BCUT2D eigenvalue weighted by molar-refractivity contribution is 6.21. The van der Waals surface area contributed by atoms with Crippen molar-refractivity contribution in [3.05, 3.63) is 35.4 Å². The SMILES string of the molecule is CC(C)(C)OC(=O)NC[C@@H](F)C[C@@H](CN1C(=O)c2ccccc2C1=O)NC(=O)OC(C)(C)C. The van der Waals surface area contributed by atoms with E-state index < -0.39 is 47.4 Å². The molecule has 1 aromatic rings. The highest BCUT2D eigenvalue weighted by atomic mass is 19.1. The summed E-state index contributed by atoms with van der Waals surface area (Å²) >= 11 is 0. The smallest absolute Gasteiger partial charge is 0.407 e. The third-order valence-corrected chi connectivity index (χ3v) is 4.41. The number of carbonyl (C=O) groups excluding carboxylic acids is 4. The molecule has 0 bridgehead atoms. The van der Waals surface area contributed by atoms with E-state index in [2.05, 4.69) is 10.6 Å². The van der Waals surface area contributed by atoms with E-state index >= 15 is 0 Å². The van der Waals surface area contributed by atoms with Gasteiger partial charge in [-0.05, 0) is 53.7 Å². The molecule has 0 radical (unpaired) electrons. The van der Waals surface area contributed by atoms with Crippen molar-refractivity contribution >= 4 is 24.0 Å². The van der Waals surface area contributed by atoms with E-state index in [0.29, 0.717) is 0 Å². The van der Waals surface area contributed by atoms with Crippen molar-refractivity contribution in [2.75, 3.05) is 13.1 Å². The van der Waals surface area contributed by atoms with Crippen molar-refractivity contribution < 1.29 is 33.0 Å². The van der Waals surface area contributed by atoms with Crippen molar-refractivity contribution in [3.63, 3.8) is 0 Å². The summed E-state index contributed by atoms with van der Waals surface area (Å²) in [6.07, 6.45) is -3.45. The maximum atomic E-state index is 14.7. The predicted molar refractivity (Wildman–Crippen MR) is 119 cm³/mol. The molecule has 1 heterocycles. The van der Waals surface area contributed by atoms with Crippen LogP contribution in [-0.4, -0.2) is 65.4 Å². The van der Waals surface area contributed by atoms with Gasteiger partial charge in [0, 0.05) is 13.0 Å². The molecule has 10 heteroatoms. The van der Waals surface area contributed by atoms with Gasteiger partial charge in [-0.1, -0.05) is 12.1 Å². The maximum Gasteiger partial charge on any atom is 0.407 e. The molecule has 0 spiro atoms. The summed E-state index contributed by atoms with van der Waals surface area (Å²) in [7, 11) is 0. The largest absolute Gasteiger partial charge is 0.444 e. The lowest BCUT2D eigenvalue weighted by Crippen LogP contribution is -2.49. The highest BCUT2D eigenvalue weighted by Gasteiger charge is 2.37. The zero-order valence-corrected chi connectivity index (χ0v) is 19.9. The van der Waals surface area contributed by atoms with Gasteiger partial charge in [-0.25, -0.2) is 14.0 Å². The number of imide groups is 1. The zero-order valence-electron chi connectivity index (χ0n) is 19.9. The molecule has 0 saturated carbocycles.